The molecule has 1 aromatic rings. The smallest absolute Gasteiger partial charge is 0.171 e. The number of carbonyl (C=O) groups is 1. The Bertz CT molecular complexity index is 305. The maximum atomic E-state index is 10.3. The third-order valence-electron chi connectivity index (χ3n) is 2.45. The Morgan fingerprint density at radius 2 is 2.21 bits per heavy atom. The van der Waals surface area contributed by atoms with E-state index in [4.69, 9.17) is 0 Å². The van der Waals surface area contributed by atoms with Gasteiger partial charge in [-0.2, -0.15) is 0 Å². The van der Waals surface area contributed by atoms with E-state index in [-0.39, 0.29) is 0 Å². The summed E-state index contributed by atoms with van der Waals surface area (Å²) in [5, 5.41) is 17.4. The molecule has 0 aliphatic heterocycles. The largest absolute Gasteiger partial charge is 0.388 e. The van der Waals surface area contributed by atoms with Crippen LogP contribution in [0.25, 0.3) is 0 Å². The number of hydrogen-bond acceptors (Lipinski definition) is 4. The van der Waals surface area contributed by atoms with E-state index in [1.807, 2.05) is 13.8 Å². The van der Waals surface area contributed by atoms with Crippen molar-refractivity contribution in [3.8, 4) is 0 Å². The van der Waals surface area contributed by atoms with Gasteiger partial charge in [0.05, 0.1) is 18.3 Å². The summed E-state index contributed by atoms with van der Waals surface area (Å²) in [4.78, 5) is 10.3. The van der Waals surface area contributed by atoms with E-state index in [9.17, 15) is 9.90 Å². The topological polar surface area (TPSA) is 68.0 Å². The zero-order valence-electron chi connectivity index (χ0n) is 8.47. The summed E-state index contributed by atoms with van der Waals surface area (Å²) in [5.41, 5.74) is -0.465. The lowest BCUT2D eigenvalue weighted by molar-refractivity contribution is 0.0114. The van der Waals surface area contributed by atoms with Crippen molar-refractivity contribution in [2.75, 3.05) is 0 Å². The highest BCUT2D eigenvalue weighted by Gasteiger charge is 2.23. The van der Waals surface area contributed by atoms with Gasteiger partial charge in [0, 0.05) is 0 Å². The van der Waals surface area contributed by atoms with Crippen LogP contribution in [0.5, 0.6) is 0 Å². The molecule has 1 aromatic heterocycles. The molecule has 78 valence electrons. The molecule has 1 heterocycles. The molecule has 0 radical (unpaired) electrons. The van der Waals surface area contributed by atoms with E-state index in [0.29, 0.717) is 31.4 Å². The summed E-state index contributed by atoms with van der Waals surface area (Å²) >= 11 is 0. The van der Waals surface area contributed by atoms with E-state index in [1.165, 1.54) is 10.9 Å². The van der Waals surface area contributed by atoms with Crippen LogP contribution in [0.1, 0.15) is 37.2 Å². The van der Waals surface area contributed by atoms with Gasteiger partial charge >= 0.3 is 0 Å². The second-order valence-electron chi connectivity index (χ2n) is 3.39. The van der Waals surface area contributed by atoms with Crippen LogP contribution < -0.4 is 0 Å². The quantitative estimate of drug-likeness (QED) is 0.703. The molecule has 14 heavy (non-hydrogen) atoms. The average Bonchev–Trinajstić information content (AvgIpc) is 2.65. The highest BCUT2D eigenvalue weighted by atomic mass is 16.3. The van der Waals surface area contributed by atoms with E-state index in [2.05, 4.69) is 10.3 Å². The Morgan fingerprint density at radius 3 is 2.64 bits per heavy atom. The van der Waals surface area contributed by atoms with E-state index in [1.54, 1.807) is 0 Å². The number of nitrogens with zero attached hydrogens (tertiary/aromatic N) is 3. The van der Waals surface area contributed by atoms with Crippen LogP contribution in [0.4, 0.5) is 0 Å². The number of rotatable bonds is 5. The van der Waals surface area contributed by atoms with Gasteiger partial charge in [-0.15, -0.1) is 5.10 Å². The minimum Gasteiger partial charge on any atom is -0.388 e. The Labute approximate surface area is 82.7 Å². The molecular formula is C9H15N3O2. The Balaban J connectivity index is 2.71. The average molecular weight is 197 g/mol. The van der Waals surface area contributed by atoms with Crippen LogP contribution in [0.3, 0.4) is 0 Å². The van der Waals surface area contributed by atoms with Crippen molar-refractivity contribution in [3.63, 3.8) is 0 Å². The lowest BCUT2D eigenvalue weighted by atomic mass is 9.98. The van der Waals surface area contributed by atoms with Gasteiger partial charge in [-0.1, -0.05) is 19.1 Å². The molecule has 1 rings (SSSR count). The molecule has 0 fully saturated rings. The molecule has 0 bridgehead atoms. The van der Waals surface area contributed by atoms with Crippen LogP contribution in [0, 0.1) is 0 Å². The highest BCUT2D eigenvalue weighted by Crippen LogP contribution is 2.16. The minimum absolute atomic E-state index is 0.291. The number of aldehydes is 1. The van der Waals surface area contributed by atoms with Gasteiger partial charge in [0.2, 0.25) is 0 Å². The van der Waals surface area contributed by atoms with E-state index >= 15 is 0 Å². The van der Waals surface area contributed by atoms with Crippen molar-refractivity contribution in [2.24, 2.45) is 0 Å². The first-order valence-electron chi connectivity index (χ1n) is 4.71. The third kappa shape index (κ3) is 2.38. The molecule has 0 spiro atoms. The molecule has 0 saturated carbocycles. The molecule has 5 nitrogen and oxygen atoms in total. The Hall–Kier alpha value is -1.23. The summed E-state index contributed by atoms with van der Waals surface area (Å²) in [5.74, 6) is 0. The van der Waals surface area contributed by atoms with E-state index in [0.717, 1.165) is 0 Å². The van der Waals surface area contributed by atoms with Gasteiger partial charge in [-0.3, -0.25) is 4.79 Å². The summed E-state index contributed by atoms with van der Waals surface area (Å²) in [6.07, 6.45) is 3.48. The minimum atomic E-state index is -0.756. The van der Waals surface area contributed by atoms with Gasteiger partial charge in [0.1, 0.15) is 5.69 Å². The van der Waals surface area contributed by atoms with Crippen molar-refractivity contribution in [1.82, 2.24) is 15.0 Å². The second-order valence-corrected chi connectivity index (χ2v) is 3.39. The highest BCUT2D eigenvalue weighted by molar-refractivity contribution is 5.70. The first-order valence-corrected chi connectivity index (χ1v) is 4.71. The van der Waals surface area contributed by atoms with Crippen molar-refractivity contribution in [3.05, 3.63) is 11.9 Å². The zero-order chi connectivity index (χ0) is 10.6. The number of hydrogen-bond donors (Lipinski definition) is 1. The predicted octanol–water partition coefficient (Wildman–Crippen LogP) is 0.642. The third-order valence-corrected chi connectivity index (χ3v) is 2.45. The Kier molecular flexibility index (Phi) is 3.35. The molecule has 5 heteroatoms. The summed E-state index contributed by atoms with van der Waals surface area (Å²) in [7, 11) is 0. The maximum absolute atomic E-state index is 10.3. The van der Waals surface area contributed by atoms with Gasteiger partial charge in [0.25, 0.3) is 0 Å². The van der Waals surface area contributed by atoms with Gasteiger partial charge < -0.3 is 5.11 Å². The number of carbonyl (C=O) groups excluding carboxylic acids is 1. The fourth-order valence-electron chi connectivity index (χ4n) is 1.22. The molecule has 0 amide bonds. The Morgan fingerprint density at radius 1 is 1.57 bits per heavy atom. The number of aliphatic hydroxyl groups is 1. The van der Waals surface area contributed by atoms with Crippen LogP contribution in [-0.2, 0) is 6.54 Å². The second kappa shape index (κ2) is 4.32. The normalized spacial score (nSPS) is 11.6. The van der Waals surface area contributed by atoms with Crippen LogP contribution >= 0.6 is 0 Å². The maximum Gasteiger partial charge on any atom is 0.171 e. The van der Waals surface area contributed by atoms with Gasteiger partial charge in [0.15, 0.2) is 6.29 Å². The monoisotopic (exact) mass is 197 g/mol. The van der Waals surface area contributed by atoms with Crippen LogP contribution in [0.2, 0.25) is 0 Å². The van der Waals surface area contributed by atoms with Crippen LogP contribution in [0.15, 0.2) is 6.20 Å². The molecule has 0 aromatic carbocycles. The molecule has 0 saturated heterocycles. The lowest BCUT2D eigenvalue weighted by Crippen LogP contribution is -2.32. The molecule has 0 aliphatic rings. The number of aromatic nitrogens is 3. The fraction of sp³-hybridized carbons (Fsp3) is 0.667. The molecule has 1 N–H and O–H groups in total. The summed E-state index contributed by atoms with van der Waals surface area (Å²) < 4.78 is 1.50. The van der Waals surface area contributed by atoms with Crippen LogP contribution in [-0.4, -0.2) is 32.0 Å². The molecule has 0 unspecified atom stereocenters. The lowest BCUT2D eigenvalue weighted by Gasteiger charge is -2.24. The van der Waals surface area contributed by atoms with E-state index < -0.39 is 5.60 Å². The molecule has 0 atom stereocenters. The van der Waals surface area contributed by atoms with Crippen molar-refractivity contribution in [2.45, 2.75) is 38.8 Å². The first-order chi connectivity index (χ1) is 6.63. The molecular weight excluding hydrogens is 182 g/mol. The standard InChI is InChI=1S/C9H15N3O2/c1-3-9(14,4-2)7-12-5-8(6-13)10-11-12/h5-6,14H,3-4,7H2,1-2H3. The zero-order valence-corrected chi connectivity index (χ0v) is 8.47. The van der Waals surface area contributed by atoms with Crippen molar-refractivity contribution >= 4 is 6.29 Å². The van der Waals surface area contributed by atoms with Gasteiger partial charge in [-0.05, 0) is 12.8 Å². The molecule has 0 aliphatic carbocycles. The fourth-order valence-corrected chi connectivity index (χ4v) is 1.22. The summed E-state index contributed by atoms with van der Waals surface area (Å²) in [6.45, 7) is 4.21. The van der Waals surface area contributed by atoms with Crippen molar-refractivity contribution in [1.29, 1.82) is 0 Å². The SMILES string of the molecule is CCC(O)(CC)Cn1cc(C=O)nn1. The van der Waals surface area contributed by atoms with Crippen molar-refractivity contribution < 1.29 is 9.90 Å². The first kappa shape index (κ1) is 10.8. The predicted molar refractivity (Wildman–Crippen MR) is 50.9 cm³/mol. The summed E-state index contributed by atoms with van der Waals surface area (Å²) in [6, 6.07) is 0. The van der Waals surface area contributed by atoms with Gasteiger partial charge in [-0.25, -0.2) is 4.68 Å².